The highest BCUT2D eigenvalue weighted by Gasteiger charge is 2.05. The normalized spacial score (nSPS) is 10.7. The van der Waals surface area contributed by atoms with E-state index in [-0.39, 0.29) is 0 Å². The molecule has 2 heterocycles. The topological polar surface area (TPSA) is 63.8 Å². The van der Waals surface area contributed by atoms with Crippen molar-refractivity contribution in [2.75, 3.05) is 5.32 Å². The molecular weight excluding hydrogens is 312 g/mol. The lowest BCUT2D eigenvalue weighted by atomic mass is 10.3. The molecule has 4 nitrogen and oxygen atoms in total. The SMILES string of the molecule is NC(=S)c1ccc(Nc2nc3ccc(Cl)cc3s2)nc1. The highest BCUT2D eigenvalue weighted by Crippen LogP contribution is 2.29. The highest BCUT2D eigenvalue weighted by atomic mass is 35.5. The number of rotatable bonds is 3. The van der Waals surface area contributed by atoms with Crippen molar-refractivity contribution in [3.8, 4) is 0 Å². The van der Waals surface area contributed by atoms with Crippen molar-refractivity contribution >= 4 is 61.3 Å². The monoisotopic (exact) mass is 320 g/mol. The average molecular weight is 321 g/mol. The van der Waals surface area contributed by atoms with Crippen LogP contribution in [0.1, 0.15) is 5.56 Å². The van der Waals surface area contributed by atoms with Crippen LogP contribution in [-0.4, -0.2) is 15.0 Å². The molecule has 0 bridgehead atoms. The Kier molecular flexibility index (Phi) is 3.52. The van der Waals surface area contributed by atoms with E-state index in [0.29, 0.717) is 15.8 Å². The summed E-state index contributed by atoms with van der Waals surface area (Å²) in [6.45, 7) is 0. The van der Waals surface area contributed by atoms with Gasteiger partial charge in [-0.3, -0.25) is 0 Å². The molecule has 0 fully saturated rings. The zero-order valence-electron chi connectivity index (χ0n) is 10.1. The van der Waals surface area contributed by atoms with Gasteiger partial charge in [-0.2, -0.15) is 0 Å². The van der Waals surface area contributed by atoms with Crippen molar-refractivity contribution in [1.29, 1.82) is 0 Å². The Bertz CT molecular complexity index is 783. The minimum Gasteiger partial charge on any atom is -0.389 e. The lowest BCUT2D eigenvalue weighted by Gasteiger charge is -2.02. The molecule has 0 saturated carbocycles. The van der Waals surface area contributed by atoms with Crippen LogP contribution in [0.4, 0.5) is 10.9 Å². The van der Waals surface area contributed by atoms with Crippen molar-refractivity contribution in [1.82, 2.24) is 9.97 Å². The summed E-state index contributed by atoms with van der Waals surface area (Å²) in [6, 6.07) is 9.24. The quantitative estimate of drug-likeness (QED) is 0.720. The maximum Gasteiger partial charge on any atom is 0.189 e. The maximum absolute atomic E-state index is 5.96. The highest BCUT2D eigenvalue weighted by molar-refractivity contribution is 7.80. The van der Waals surface area contributed by atoms with Gasteiger partial charge >= 0.3 is 0 Å². The van der Waals surface area contributed by atoms with Crippen LogP contribution in [0, 0.1) is 0 Å². The molecule has 0 aliphatic heterocycles. The van der Waals surface area contributed by atoms with Gasteiger partial charge in [-0.05, 0) is 30.3 Å². The molecule has 7 heteroatoms. The number of hydrogen-bond donors (Lipinski definition) is 2. The predicted octanol–water partition coefficient (Wildman–Crippen LogP) is 3.72. The summed E-state index contributed by atoms with van der Waals surface area (Å²) in [5.74, 6) is 0.690. The molecule has 100 valence electrons. The fourth-order valence-electron chi connectivity index (χ4n) is 1.68. The Morgan fingerprint density at radius 2 is 2.15 bits per heavy atom. The number of nitrogens with one attached hydrogen (secondary N) is 1. The second-order valence-corrected chi connectivity index (χ2v) is 5.96. The third-order valence-corrected chi connectivity index (χ3v) is 4.04. The van der Waals surface area contributed by atoms with Crippen LogP contribution in [-0.2, 0) is 0 Å². The smallest absolute Gasteiger partial charge is 0.189 e. The first kappa shape index (κ1) is 13.2. The minimum absolute atomic E-state index is 0.332. The Morgan fingerprint density at radius 3 is 2.85 bits per heavy atom. The van der Waals surface area contributed by atoms with Gasteiger partial charge in [0.2, 0.25) is 0 Å². The number of anilines is 2. The molecule has 1 aromatic carbocycles. The Balaban J connectivity index is 1.87. The summed E-state index contributed by atoms with van der Waals surface area (Å²) in [6.07, 6.45) is 1.63. The van der Waals surface area contributed by atoms with Crippen LogP contribution in [0.5, 0.6) is 0 Å². The first-order valence-electron chi connectivity index (χ1n) is 5.71. The standard InChI is InChI=1S/C13H9ClN4S2/c14-8-2-3-9-10(5-8)20-13(17-9)18-11-4-1-7(6-16-11)12(15)19/h1-6H,(H2,15,19)(H,16,17,18). The van der Waals surface area contributed by atoms with E-state index in [1.165, 1.54) is 11.3 Å². The number of thiazole rings is 1. The third kappa shape index (κ3) is 2.72. The van der Waals surface area contributed by atoms with Crippen LogP contribution < -0.4 is 11.1 Å². The number of aromatic nitrogens is 2. The van der Waals surface area contributed by atoms with E-state index < -0.39 is 0 Å². The third-order valence-electron chi connectivity index (χ3n) is 2.63. The summed E-state index contributed by atoms with van der Waals surface area (Å²) >= 11 is 12.4. The van der Waals surface area contributed by atoms with E-state index in [1.807, 2.05) is 30.3 Å². The number of nitrogens with two attached hydrogens (primary N) is 1. The Labute approximate surface area is 129 Å². The van der Waals surface area contributed by atoms with Crippen molar-refractivity contribution in [2.45, 2.75) is 0 Å². The van der Waals surface area contributed by atoms with Crippen molar-refractivity contribution in [3.05, 3.63) is 47.1 Å². The number of benzene rings is 1. The van der Waals surface area contributed by atoms with Gasteiger partial charge in [-0.25, -0.2) is 9.97 Å². The zero-order chi connectivity index (χ0) is 14.1. The van der Waals surface area contributed by atoms with E-state index in [2.05, 4.69) is 15.3 Å². The predicted molar refractivity (Wildman–Crippen MR) is 88.0 cm³/mol. The van der Waals surface area contributed by atoms with Gasteiger partial charge in [0.25, 0.3) is 0 Å². The van der Waals surface area contributed by atoms with Crippen molar-refractivity contribution in [3.63, 3.8) is 0 Å². The van der Waals surface area contributed by atoms with E-state index in [4.69, 9.17) is 29.6 Å². The van der Waals surface area contributed by atoms with E-state index in [1.54, 1.807) is 6.20 Å². The average Bonchev–Trinajstić information content (AvgIpc) is 2.80. The van der Waals surface area contributed by atoms with Crippen LogP contribution >= 0.6 is 35.2 Å². The molecule has 0 atom stereocenters. The largest absolute Gasteiger partial charge is 0.389 e. The van der Waals surface area contributed by atoms with Crippen LogP contribution in [0.25, 0.3) is 10.2 Å². The summed E-state index contributed by atoms with van der Waals surface area (Å²) in [7, 11) is 0. The van der Waals surface area contributed by atoms with E-state index in [0.717, 1.165) is 20.9 Å². The van der Waals surface area contributed by atoms with Gasteiger partial charge in [-0.1, -0.05) is 35.2 Å². The molecular formula is C13H9ClN4S2. The Hall–Kier alpha value is -1.76. The molecule has 0 spiro atoms. The molecule has 0 aliphatic carbocycles. The lowest BCUT2D eigenvalue weighted by Crippen LogP contribution is -2.09. The molecule has 0 amide bonds. The molecule has 0 radical (unpaired) electrons. The summed E-state index contributed by atoms with van der Waals surface area (Å²) in [4.78, 5) is 9.04. The summed E-state index contributed by atoms with van der Waals surface area (Å²) < 4.78 is 1.03. The molecule has 3 rings (SSSR count). The first-order valence-corrected chi connectivity index (χ1v) is 7.31. The van der Waals surface area contributed by atoms with E-state index in [9.17, 15) is 0 Å². The van der Waals surface area contributed by atoms with Gasteiger partial charge in [0.1, 0.15) is 10.8 Å². The maximum atomic E-state index is 5.96. The zero-order valence-corrected chi connectivity index (χ0v) is 12.5. The first-order chi connectivity index (χ1) is 9.61. The van der Waals surface area contributed by atoms with Crippen LogP contribution in [0.2, 0.25) is 5.02 Å². The number of halogens is 1. The van der Waals surface area contributed by atoms with Crippen molar-refractivity contribution < 1.29 is 0 Å². The number of hydrogen-bond acceptors (Lipinski definition) is 5. The summed E-state index contributed by atoms with van der Waals surface area (Å²) in [5, 5.41) is 4.61. The van der Waals surface area contributed by atoms with Gasteiger partial charge in [-0.15, -0.1) is 0 Å². The molecule has 3 aromatic rings. The van der Waals surface area contributed by atoms with Crippen LogP contribution in [0.3, 0.4) is 0 Å². The van der Waals surface area contributed by atoms with Crippen molar-refractivity contribution in [2.24, 2.45) is 5.73 Å². The van der Waals surface area contributed by atoms with Gasteiger partial charge in [0, 0.05) is 16.8 Å². The number of thiocarbonyl (C=S) groups is 1. The lowest BCUT2D eigenvalue weighted by molar-refractivity contribution is 1.29. The molecule has 0 aliphatic rings. The number of nitrogens with zero attached hydrogens (tertiary/aromatic N) is 2. The molecule has 2 aromatic heterocycles. The molecule has 3 N–H and O–H groups in total. The second-order valence-electron chi connectivity index (χ2n) is 4.05. The number of pyridine rings is 1. The van der Waals surface area contributed by atoms with Gasteiger partial charge in [0.15, 0.2) is 5.13 Å². The number of fused-ring (bicyclic) bond motifs is 1. The van der Waals surface area contributed by atoms with Gasteiger partial charge < -0.3 is 11.1 Å². The molecule has 0 saturated heterocycles. The van der Waals surface area contributed by atoms with Gasteiger partial charge in [0.05, 0.1) is 10.2 Å². The molecule has 20 heavy (non-hydrogen) atoms. The summed E-state index contributed by atoms with van der Waals surface area (Å²) in [5.41, 5.74) is 7.17. The Morgan fingerprint density at radius 1 is 1.30 bits per heavy atom. The minimum atomic E-state index is 0.332. The second kappa shape index (κ2) is 5.32. The fraction of sp³-hybridized carbons (Fsp3) is 0. The van der Waals surface area contributed by atoms with Crippen LogP contribution in [0.15, 0.2) is 36.5 Å². The van der Waals surface area contributed by atoms with E-state index >= 15 is 0 Å². The molecule has 0 unspecified atom stereocenters. The fourth-order valence-corrected chi connectivity index (χ4v) is 2.94.